The molecule has 2 amide bonds. The minimum absolute atomic E-state index is 0.0881. The first-order chi connectivity index (χ1) is 34.2. The lowest BCUT2D eigenvalue weighted by molar-refractivity contribution is 0.0488. The number of hydrogen-bond acceptors (Lipinski definition) is 14. The first-order valence-corrected chi connectivity index (χ1v) is 24.1. The second kappa shape index (κ2) is 20.1. The summed E-state index contributed by atoms with van der Waals surface area (Å²) in [7, 11) is 3.08. The lowest BCUT2D eigenvalue weighted by Crippen LogP contribution is -2.49. The Morgan fingerprint density at radius 3 is 1.57 bits per heavy atom. The van der Waals surface area contributed by atoms with Crippen LogP contribution in [-0.2, 0) is 49.7 Å². The van der Waals surface area contributed by atoms with E-state index in [0.29, 0.717) is 73.9 Å². The summed E-state index contributed by atoms with van der Waals surface area (Å²) in [6.45, 7) is 15.6. The standard InChI is InChI=1S/C50H62N14O8/c1-11-13-25-61-37-39(55-43(61)59-23-17-19-31(27-59)51-45(67)71-49(3,4)5)57(9)47(69)63(41(37)65)29-35-33-21-15-16-22-34(33)53-36(54-35)30-64-42(66)38-40(58(10)48(64)70)56-44(62(38)26-14-12-2)60-24-18-20-32(28-60)52-46(68)72-50(6,7)8/h15-16,21-22,31-32H,17-20,23-30H2,1-10H3,(H,51,67)(H,52,68)/t31-,32-/m1/s1. The number of imidazole rings is 2. The third-order valence-electron chi connectivity index (χ3n) is 12.4. The van der Waals surface area contributed by atoms with Crippen molar-refractivity contribution in [3.63, 3.8) is 0 Å². The lowest BCUT2D eigenvalue weighted by atomic mass is 10.1. The molecule has 0 saturated carbocycles. The van der Waals surface area contributed by atoms with Crippen LogP contribution in [0.2, 0.25) is 0 Å². The fourth-order valence-electron chi connectivity index (χ4n) is 9.28. The Bertz CT molecular complexity index is 3490. The van der Waals surface area contributed by atoms with E-state index in [2.05, 4.69) is 34.3 Å². The quantitative estimate of drug-likeness (QED) is 0.188. The summed E-state index contributed by atoms with van der Waals surface area (Å²) in [5.41, 5.74) is -2.53. The van der Waals surface area contributed by atoms with Gasteiger partial charge < -0.3 is 29.9 Å². The number of anilines is 2. The van der Waals surface area contributed by atoms with E-state index in [0.717, 1.165) is 15.6 Å². The van der Waals surface area contributed by atoms with Gasteiger partial charge in [-0.05, 0) is 87.1 Å². The molecule has 2 fully saturated rings. The molecule has 72 heavy (non-hydrogen) atoms. The number of benzene rings is 1. The summed E-state index contributed by atoms with van der Waals surface area (Å²) >= 11 is 0. The largest absolute Gasteiger partial charge is 0.444 e. The lowest BCUT2D eigenvalue weighted by Gasteiger charge is -2.34. The van der Waals surface area contributed by atoms with Crippen molar-refractivity contribution in [2.75, 3.05) is 36.0 Å². The van der Waals surface area contributed by atoms with Crippen LogP contribution in [0.1, 0.15) is 92.6 Å². The molecular weight excluding hydrogens is 925 g/mol. The van der Waals surface area contributed by atoms with Gasteiger partial charge in [0.05, 0.1) is 37.4 Å². The van der Waals surface area contributed by atoms with Gasteiger partial charge in [0.1, 0.15) is 17.0 Å². The van der Waals surface area contributed by atoms with Crippen molar-refractivity contribution in [2.45, 2.75) is 131 Å². The number of carbonyl (C=O) groups is 2. The van der Waals surface area contributed by atoms with Crippen molar-refractivity contribution in [1.29, 1.82) is 0 Å². The number of carbonyl (C=O) groups excluding carboxylic acids is 2. The molecule has 2 atom stereocenters. The Labute approximate surface area is 415 Å². The molecule has 22 nitrogen and oxygen atoms in total. The first kappa shape index (κ1) is 50.5. The zero-order valence-electron chi connectivity index (χ0n) is 42.6. The molecule has 0 spiro atoms. The van der Waals surface area contributed by atoms with Gasteiger partial charge in [0, 0.05) is 57.7 Å². The average Bonchev–Trinajstić information content (AvgIpc) is 3.90. The van der Waals surface area contributed by atoms with E-state index in [-0.39, 0.29) is 66.4 Å². The van der Waals surface area contributed by atoms with Crippen LogP contribution in [0.15, 0.2) is 43.4 Å². The maximum atomic E-state index is 14.8. The van der Waals surface area contributed by atoms with Gasteiger partial charge in [-0.15, -0.1) is 11.8 Å². The molecule has 0 radical (unpaired) electrons. The van der Waals surface area contributed by atoms with Crippen LogP contribution in [0.5, 0.6) is 0 Å². The van der Waals surface area contributed by atoms with Crippen molar-refractivity contribution < 1.29 is 19.1 Å². The van der Waals surface area contributed by atoms with Crippen LogP contribution in [0, 0.1) is 23.7 Å². The van der Waals surface area contributed by atoms with Crippen molar-refractivity contribution in [3.8, 4) is 23.7 Å². The predicted molar refractivity (Wildman–Crippen MR) is 272 cm³/mol. The maximum Gasteiger partial charge on any atom is 0.407 e. The number of rotatable bonds is 10. The van der Waals surface area contributed by atoms with Gasteiger partial charge in [-0.3, -0.25) is 37.0 Å². The average molecular weight is 987 g/mol. The highest BCUT2D eigenvalue weighted by Gasteiger charge is 2.32. The van der Waals surface area contributed by atoms with Crippen LogP contribution in [0.3, 0.4) is 0 Å². The number of nitrogens with one attached hydrogen (secondary N) is 2. The van der Waals surface area contributed by atoms with E-state index in [1.165, 1.54) is 16.2 Å². The topological polar surface area (TPSA) is 233 Å². The number of para-hydroxylation sites is 1. The van der Waals surface area contributed by atoms with Crippen LogP contribution >= 0.6 is 0 Å². The van der Waals surface area contributed by atoms with E-state index in [4.69, 9.17) is 29.4 Å². The molecule has 0 unspecified atom stereocenters. The van der Waals surface area contributed by atoms with Gasteiger partial charge >= 0.3 is 23.6 Å². The molecule has 2 aliphatic rings. The summed E-state index contributed by atoms with van der Waals surface area (Å²) in [5, 5.41) is 6.47. The summed E-state index contributed by atoms with van der Waals surface area (Å²) < 4.78 is 19.2. The Morgan fingerprint density at radius 2 is 1.11 bits per heavy atom. The monoisotopic (exact) mass is 986 g/mol. The van der Waals surface area contributed by atoms with Crippen molar-refractivity contribution in [3.05, 3.63) is 77.5 Å². The number of aromatic nitrogens is 10. The molecule has 1 aromatic carbocycles. The zero-order chi connectivity index (χ0) is 51.8. The van der Waals surface area contributed by atoms with Crippen LogP contribution in [0.4, 0.5) is 21.5 Å². The molecule has 2 aliphatic heterocycles. The number of hydrogen-bond donors (Lipinski definition) is 2. The van der Waals surface area contributed by atoms with Gasteiger partial charge in [-0.25, -0.2) is 29.1 Å². The number of amides is 2. The normalized spacial score (nSPS) is 16.3. The second-order valence-corrected chi connectivity index (χ2v) is 20.1. The molecule has 0 aliphatic carbocycles. The Hall–Kier alpha value is -7.88. The fourth-order valence-corrected chi connectivity index (χ4v) is 9.28. The molecule has 8 rings (SSSR count). The minimum atomic E-state index is -0.673. The molecule has 22 heteroatoms. The third kappa shape index (κ3) is 10.4. The molecule has 0 bridgehead atoms. The van der Waals surface area contributed by atoms with E-state index in [1.807, 2.05) is 9.80 Å². The number of nitrogens with zero attached hydrogens (tertiary/aromatic N) is 12. The van der Waals surface area contributed by atoms with Crippen LogP contribution in [-0.4, -0.2) is 109 Å². The fraction of sp³-hybridized carbons (Fsp3) is 0.520. The van der Waals surface area contributed by atoms with E-state index < -0.39 is 45.9 Å². The number of ether oxygens (including phenoxy) is 2. The summed E-state index contributed by atoms with van der Waals surface area (Å²) in [6.07, 6.45) is 1.79. The molecule has 2 N–H and O–H groups in total. The molecular formula is C50H62N14O8. The van der Waals surface area contributed by atoms with Crippen molar-refractivity contribution in [2.24, 2.45) is 14.1 Å². The number of piperidine rings is 2. The highest BCUT2D eigenvalue weighted by molar-refractivity contribution is 5.81. The highest BCUT2D eigenvalue weighted by atomic mass is 16.6. The van der Waals surface area contributed by atoms with Gasteiger partial charge in [0.15, 0.2) is 22.3 Å². The predicted octanol–water partition coefficient (Wildman–Crippen LogP) is 3.18. The second-order valence-electron chi connectivity index (χ2n) is 20.1. The summed E-state index contributed by atoms with van der Waals surface area (Å²) in [5.74, 6) is 12.8. The first-order valence-electron chi connectivity index (χ1n) is 24.1. The molecule has 5 aromatic heterocycles. The molecule has 380 valence electrons. The van der Waals surface area contributed by atoms with Gasteiger partial charge in [0.25, 0.3) is 11.1 Å². The van der Waals surface area contributed by atoms with Crippen LogP contribution < -0.4 is 42.9 Å². The van der Waals surface area contributed by atoms with E-state index in [1.54, 1.807) is 95.8 Å². The third-order valence-corrected chi connectivity index (χ3v) is 12.4. The van der Waals surface area contributed by atoms with Gasteiger partial charge in [-0.2, -0.15) is 9.97 Å². The summed E-state index contributed by atoms with van der Waals surface area (Å²) in [4.78, 5) is 107. The number of alkyl carbamates (subject to hydrolysis) is 2. The van der Waals surface area contributed by atoms with E-state index in [9.17, 15) is 28.8 Å². The Kier molecular flexibility index (Phi) is 14.1. The SMILES string of the molecule is CC#CCn1c(N2CCC[C@@H](NC(=O)OC(C)(C)C)C2)nc2c1c(=O)n(Cc1nc(Cn3c(=O)c4c(nc(N5CCC[C@@H](NC(=O)OC(C)(C)C)C5)n4CC#CC)n(C)c3=O)c3ccccc3n1)c(=O)n2C. The van der Waals surface area contributed by atoms with Crippen LogP contribution in [0.25, 0.3) is 33.2 Å². The summed E-state index contributed by atoms with van der Waals surface area (Å²) in [6, 6.07) is 6.56. The number of aryl methyl sites for hydroxylation is 2. The molecule has 6 aromatic rings. The molecule has 7 heterocycles. The zero-order valence-corrected chi connectivity index (χ0v) is 42.6. The Morgan fingerprint density at radius 1 is 0.653 bits per heavy atom. The highest BCUT2D eigenvalue weighted by Crippen LogP contribution is 2.26. The molecule has 2 saturated heterocycles. The van der Waals surface area contributed by atoms with Gasteiger partial charge in [0.2, 0.25) is 11.9 Å². The number of fused-ring (bicyclic) bond motifs is 3. The Balaban J connectivity index is 1.16. The van der Waals surface area contributed by atoms with E-state index >= 15 is 0 Å². The smallest absolute Gasteiger partial charge is 0.407 e. The van der Waals surface area contributed by atoms with Crippen molar-refractivity contribution in [1.82, 2.24) is 58.0 Å². The maximum absolute atomic E-state index is 14.8. The van der Waals surface area contributed by atoms with Gasteiger partial charge in [-0.1, -0.05) is 30.0 Å². The minimum Gasteiger partial charge on any atom is -0.444 e. The van der Waals surface area contributed by atoms with Crippen molar-refractivity contribution >= 4 is 57.3 Å².